The van der Waals surface area contributed by atoms with Gasteiger partial charge in [-0.05, 0) is 24.3 Å². The van der Waals surface area contributed by atoms with E-state index in [-0.39, 0.29) is 11.5 Å². The van der Waals surface area contributed by atoms with E-state index in [0.29, 0.717) is 0 Å². The van der Waals surface area contributed by atoms with Gasteiger partial charge in [0.25, 0.3) is 0 Å². The van der Waals surface area contributed by atoms with Gasteiger partial charge in [0, 0.05) is 42.6 Å². The van der Waals surface area contributed by atoms with E-state index in [1.165, 1.54) is 0 Å². The summed E-state index contributed by atoms with van der Waals surface area (Å²) in [7, 11) is 0. The Morgan fingerprint density at radius 3 is 3.06 bits per heavy atom. The highest BCUT2D eigenvalue weighted by Gasteiger charge is 2.29. The number of likely N-dealkylation sites (tertiary alicyclic amines) is 1. The molecule has 3 nitrogen and oxygen atoms in total. The Morgan fingerprint density at radius 1 is 1.56 bits per heavy atom. The predicted molar refractivity (Wildman–Crippen MR) is 73.5 cm³/mol. The lowest BCUT2D eigenvalue weighted by Gasteiger charge is -2.29. The summed E-state index contributed by atoms with van der Waals surface area (Å²) in [6.45, 7) is 7.12. The molecule has 0 unspecified atom stereocenters. The van der Waals surface area contributed by atoms with Crippen molar-refractivity contribution in [1.82, 2.24) is 9.88 Å². The molecule has 0 spiro atoms. The van der Waals surface area contributed by atoms with Crippen LogP contribution in [0.15, 0.2) is 18.5 Å². The number of rotatable bonds is 2. The van der Waals surface area contributed by atoms with Gasteiger partial charge >= 0.3 is 0 Å². The van der Waals surface area contributed by atoms with Crippen LogP contribution in [0.4, 0.5) is 0 Å². The van der Waals surface area contributed by atoms with Gasteiger partial charge < -0.3 is 5.11 Å². The molecule has 100 valence electrons. The second kappa shape index (κ2) is 5.55. The maximum atomic E-state index is 9.90. The van der Waals surface area contributed by atoms with Gasteiger partial charge in [0.15, 0.2) is 0 Å². The number of aromatic nitrogens is 1. The molecule has 0 radical (unpaired) electrons. The van der Waals surface area contributed by atoms with E-state index in [1.54, 1.807) is 6.20 Å². The van der Waals surface area contributed by atoms with Crippen molar-refractivity contribution in [2.24, 2.45) is 5.41 Å². The minimum absolute atomic E-state index is 0.143. The summed E-state index contributed by atoms with van der Waals surface area (Å²) >= 11 is 6.17. The molecule has 1 aromatic heterocycles. The second-order valence-corrected chi connectivity index (χ2v) is 6.40. The van der Waals surface area contributed by atoms with Crippen LogP contribution in [-0.2, 0) is 6.54 Å². The molecule has 1 saturated heterocycles. The van der Waals surface area contributed by atoms with E-state index >= 15 is 0 Å². The molecule has 0 amide bonds. The lowest BCUT2D eigenvalue weighted by molar-refractivity contribution is 0.121. The van der Waals surface area contributed by atoms with Crippen LogP contribution >= 0.6 is 11.6 Å². The number of aliphatic hydroxyl groups is 1. The standard InChI is InChI=1S/C14H21ClN2O/c1-14(2)7-12(18)4-6-17(10-14)9-11-8-16-5-3-13(11)15/h3,5,8,12,18H,4,6-7,9-10H2,1-2H3/t12-/m0/s1. The van der Waals surface area contributed by atoms with E-state index < -0.39 is 0 Å². The van der Waals surface area contributed by atoms with Crippen molar-refractivity contribution in [2.75, 3.05) is 13.1 Å². The molecule has 1 aromatic rings. The third kappa shape index (κ3) is 3.67. The van der Waals surface area contributed by atoms with E-state index in [0.717, 1.165) is 43.1 Å². The zero-order valence-corrected chi connectivity index (χ0v) is 11.8. The molecule has 1 aliphatic heterocycles. The van der Waals surface area contributed by atoms with Gasteiger partial charge in [-0.3, -0.25) is 9.88 Å². The van der Waals surface area contributed by atoms with Gasteiger partial charge in [-0.2, -0.15) is 0 Å². The number of pyridine rings is 1. The molecule has 1 atom stereocenters. The average molecular weight is 269 g/mol. The Hall–Kier alpha value is -0.640. The SMILES string of the molecule is CC1(C)C[C@@H](O)CCN(Cc2cnccc2Cl)C1. The Balaban J connectivity index is 2.07. The van der Waals surface area contributed by atoms with Gasteiger partial charge in [0.05, 0.1) is 6.10 Å². The normalized spacial score (nSPS) is 24.8. The summed E-state index contributed by atoms with van der Waals surface area (Å²) in [5.41, 5.74) is 1.20. The molecule has 0 bridgehead atoms. The lowest BCUT2D eigenvalue weighted by Crippen LogP contribution is -2.32. The summed E-state index contributed by atoms with van der Waals surface area (Å²) in [6, 6.07) is 1.83. The fraction of sp³-hybridized carbons (Fsp3) is 0.643. The maximum absolute atomic E-state index is 9.90. The minimum atomic E-state index is -0.186. The molecule has 0 aliphatic carbocycles. The Labute approximate surface area is 114 Å². The largest absolute Gasteiger partial charge is 0.393 e. The third-order valence-corrected chi connectivity index (χ3v) is 3.83. The van der Waals surface area contributed by atoms with E-state index in [9.17, 15) is 5.11 Å². The first-order valence-electron chi connectivity index (χ1n) is 6.45. The lowest BCUT2D eigenvalue weighted by atomic mass is 9.87. The number of aliphatic hydroxyl groups excluding tert-OH is 1. The molecule has 1 aliphatic rings. The second-order valence-electron chi connectivity index (χ2n) is 5.99. The Kier molecular flexibility index (Phi) is 4.25. The Morgan fingerprint density at radius 2 is 2.33 bits per heavy atom. The van der Waals surface area contributed by atoms with Crippen LogP contribution in [0.25, 0.3) is 0 Å². The fourth-order valence-electron chi connectivity index (χ4n) is 2.72. The first-order chi connectivity index (χ1) is 8.46. The first kappa shape index (κ1) is 13.8. The first-order valence-corrected chi connectivity index (χ1v) is 6.83. The van der Waals surface area contributed by atoms with Crippen LogP contribution in [0.5, 0.6) is 0 Å². The number of hydrogen-bond acceptors (Lipinski definition) is 3. The van der Waals surface area contributed by atoms with Crippen molar-refractivity contribution in [1.29, 1.82) is 0 Å². The maximum Gasteiger partial charge on any atom is 0.0558 e. The van der Waals surface area contributed by atoms with Gasteiger partial charge in [-0.15, -0.1) is 0 Å². The molecule has 0 saturated carbocycles. The zero-order valence-electron chi connectivity index (χ0n) is 11.1. The molecule has 18 heavy (non-hydrogen) atoms. The van der Waals surface area contributed by atoms with Crippen LogP contribution in [-0.4, -0.2) is 34.2 Å². The van der Waals surface area contributed by atoms with Gasteiger partial charge in [-0.25, -0.2) is 0 Å². The third-order valence-electron chi connectivity index (χ3n) is 3.46. The van der Waals surface area contributed by atoms with E-state index in [1.807, 2.05) is 12.3 Å². The zero-order chi connectivity index (χ0) is 13.2. The highest BCUT2D eigenvalue weighted by atomic mass is 35.5. The highest BCUT2D eigenvalue weighted by molar-refractivity contribution is 6.31. The van der Waals surface area contributed by atoms with Gasteiger partial charge in [0.1, 0.15) is 0 Å². The minimum Gasteiger partial charge on any atom is -0.393 e. The average Bonchev–Trinajstić information content (AvgIpc) is 2.40. The van der Waals surface area contributed by atoms with Crippen LogP contribution in [0.3, 0.4) is 0 Å². The van der Waals surface area contributed by atoms with Crippen LogP contribution in [0.1, 0.15) is 32.3 Å². The molecular formula is C14H21ClN2O. The molecular weight excluding hydrogens is 248 g/mol. The van der Waals surface area contributed by atoms with Gasteiger partial charge in [0.2, 0.25) is 0 Å². The number of nitrogens with zero attached hydrogens (tertiary/aromatic N) is 2. The van der Waals surface area contributed by atoms with Crippen molar-refractivity contribution in [3.63, 3.8) is 0 Å². The Bertz CT molecular complexity index is 409. The summed E-state index contributed by atoms with van der Waals surface area (Å²) in [4.78, 5) is 6.49. The molecule has 1 fully saturated rings. The van der Waals surface area contributed by atoms with Crippen molar-refractivity contribution < 1.29 is 5.11 Å². The van der Waals surface area contributed by atoms with E-state index in [4.69, 9.17) is 11.6 Å². The van der Waals surface area contributed by atoms with Crippen LogP contribution in [0, 0.1) is 5.41 Å². The highest BCUT2D eigenvalue weighted by Crippen LogP contribution is 2.29. The summed E-state index contributed by atoms with van der Waals surface area (Å²) in [5.74, 6) is 0. The molecule has 2 heterocycles. The number of halogens is 1. The van der Waals surface area contributed by atoms with Crippen molar-refractivity contribution in [2.45, 2.75) is 39.3 Å². The molecule has 4 heteroatoms. The van der Waals surface area contributed by atoms with Crippen LogP contribution in [0.2, 0.25) is 5.02 Å². The topological polar surface area (TPSA) is 36.4 Å². The molecule has 2 rings (SSSR count). The fourth-order valence-corrected chi connectivity index (χ4v) is 2.89. The van der Waals surface area contributed by atoms with Crippen LogP contribution < -0.4 is 0 Å². The van der Waals surface area contributed by atoms with E-state index in [2.05, 4.69) is 23.7 Å². The summed E-state index contributed by atoms with van der Waals surface area (Å²) in [6.07, 6.45) is 5.05. The molecule has 1 N–H and O–H groups in total. The van der Waals surface area contributed by atoms with Crippen molar-refractivity contribution in [3.05, 3.63) is 29.0 Å². The summed E-state index contributed by atoms with van der Waals surface area (Å²) in [5, 5.41) is 10.7. The van der Waals surface area contributed by atoms with Crippen molar-refractivity contribution in [3.8, 4) is 0 Å². The van der Waals surface area contributed by atoms with Gasteiger partial charge in [-0.1, -0.05) is 25.4 Å². The number of hydrogen-bond donors (Lipinski definition) is 1. The predicted octanol–water partition coefficient (Wildman–Crippen LogP) is 2.72. The quantitative estimate of drug-likeness (QED) is 0.896. The molecule has 0 aromatic carbocycles. The smallest absolute Gasteiger partial charge is 0.0558 e. The van der Waals surface area contributed by atoms with Crippen molar-refractivity contribution >= 4 is 11.6 Å². The summed E-state index contributed by atoms with van der Waals surface area (Å²) < 4.78 is 0. The monoisotopic (exact) mass is 268 g/mol.